The molecule has 0 aliphatic rings. The van der Waals surface area contributed by atoms with Gasteiger partial charge in [0.1, 0.15) is 0 Å². The summed E-state index contributed by atoms with van der Waals surface area (Å²) < 4.78 is 0. The standard InChI is InChI=1S/C22H31N3.2ClH.Zr/c1-15-11-17(3)21(18(4)12-15)24-9-7-23-8-10-25-22-19(5)13-16(2)14-20(22)6;;;/h11-14,23H,7-10H2,1-6H3;2*1H;/q-2;;;+2/p-2. The predicted molar refractivity (Wildman–Crippen MR) is 122 cm³/mol. The number of halogens is 2. The van der Waals surface area contributed by atoms with Crippen LogP contribution in [0.25, 0.3) is 10.6 Å². The molecule has 28 heavy (non-hydrogen) atoms. The van der Waals surface area contributed by atoms with E-state index < -0.39 is 20.8 Å². The summed E-state index contributed by atoms with van der Waals surface area (Å²) in [5, 5.41) is 12.9. The Hall–Kier alpha value is -0.537. The number of aryl methyl sites for hydroxylation is 6. The average molecular weight is 500 g/mol. The second-order valence-electron chi connectivity index (χ2n) is 7.08. The van der Waals surface area contributed by atoms with Crippen LogP contribution in [0.3, 0.4) is 0 Å². The molecule has 154 valence electrons. The average Bonchev–Trinajstić information content (AvgIpc) is 2.58. The summed E-state index contributed by atoms with van der Waals surface area (Å²) in [5.74, 6) is 0. The molecule has 0 fully saturated rings. The van der Waals surface area contributed by atoms with E-state index in [1.807, 2.05) is 0 Å². The van der Waals surface area contributed by atoms with Crippen molar-refractivity contribution < 1.29 is 20.8 Å². The Kier molecular flexibility index (Phi) is 12.4. The van der Waals surface area contributed by atoms with Gasteiger partial charge in [0.2, 0.25) is 0 Å². The molecule has 1 N–H and O–H groups in total. The summed E-state index contributed by atoms with van der Waals surface area (Å²) in [6.45, 7) is 16.2. The fourth-order valence-electron chi connectivity index (χ4n) is 3.46. The van der Waals surface area contributed by atoms with Crippen molar-refractivity contribution in [3.63, 3.8) is 0 Å². The van der Waals surface area contributed by atoms with E-state index >= 15 is 0 Å². The van der Waals surface area contributed by atoms with E-state index in [4.69, 9.17) is 27.7 Å². The van der Waals surface area contributed by atoms with Crippen LogP contribution in [0.1, 0.15) is 33.4 Å². The van der Waals surface area contributed by atoms with Crippen molar-refractivity contribution >= 4 is 28.4 Å². The van der Waals surface area contributed by atoms with E-state index in [1.54, 1.807) is 0 Å². The van der Waals surface area contributed by atoms with Gasteiger partial charge < -0.3 is 16.0 Å². The fourth-order valence-corrected chi connectivity index (χ4v) is 3.46. The van der Waals surface area contributed by atoms with Crippen molar-refractivity contribution in [1.29, 1.82) is 0 Å². The van der Waals surface area contributed by atoms with Gasteiger partial charge in [0.25, 0.3) is 0 Å². The van der Waals surface area contributed by atoms with Crippen molar-refractivity contribution in [2.24, 2.45) is 0 Å². The van der Waals surface area contributed by atoms with Crippen LogP contribution in [0.5, 0.6) is 0 Å². The summed E-state index contributed by atoms with van der Waals surface area (Å²) in [5.41, 5.74) is 9.93. The molecule has 2 rings (SSSR count). The molecule has 0 aliphatic carbocycles. The van der Waals surface area contributed by atoms with Gasteiger partial charge >= 0.3 is 37.9 Å². The Morgan fingerprint density at radius 3 is 1.25 bits per heavy atom. The first-order valence-electron chi connectivity index (χ1n) is 9.47. The van der Waals surface area contributed by atoms with Crippen LogP contribution in [-0.4, -0.2) is 26.2 Å². The first-order chi connectivity index (χ1) is 13.3. The zero-order valence-electron chi connectivity index (χ0n) is 17.8. The Labute approximate surface area is 189 Å². The minimum absolute atomic E-state index is 0.799. The van der Waals surface area contributed by atoms with Gasteiger partial charge in [-0.15, -0.1) is 24.5 Å². The van der Waals surface area contributed by atoms with Crippen LogP contribution in [-0.2, 0) is 20.8 Å². The first-order valence-corrected chi connectivity index (χ1v) is 15.8. The number of hydrogen-bond acceptors (Lipinski definition) is 1. The number of nitrogens with one attached hydrogen (secondary N) is 1. The van der Waals surface area contributed by atoms with E-state index in [9.17, 15) is 0 Å². The molecule has 6 heteroatoms. The molecule has 0 unspecified atom stereocenters. The number of nitrogens with zero attached hydrogens (tertiary/aromatic N) is 2. The molecule has 0 aliphatic heterocycles. The topological polar surface area (TPSA) is 40.2 Å². The molecule has 0 amide bonds. The molecule has 0 bridgehead atoms. The maximum atomic E-state index is 4.93. The van der Waals surface area contributed by atoms with Crippen molar-refractivity contribution in [2.75, 3.05) is 26.2 Å². The SMILES string of the molecule is Cc1cc(C)c([N-]CCNCC[N-]c2c(C)cc(C)cc2C)c(C)c1.[Cl][Zr][Cl]. The molecular weight excluding hydrogens is 468 g/mol. The predicted octanol–water partition coefficient (Wildman–Crippen LogP) is 7.21. The number of hydrogen-bond donors (Lipinski definition) is 1. The van der Waals surface area contributed by atoms with E-state index in [0.29, 0.717) is 0 Å². The zero-order valence-corrected chi connectivity index (χ0v) is 21.8. The van der Waals surface area contributed by atoms with Crippen LogP contribution in [0.2, 0.25) is 0 Å². The number of rotatable bonds is 8. The van der Waals surface area contributed by atoms with E-state index in [1.165, 1.54) is 33.4 Å². The molecule has 0 atom stereocenters. The van der Waals surface area contributed by atoms with Gasteiger partial charge in [0.15, 0.2) is 0 Å². The quantitative estimate of drug-likeness (QED) is 0.383. The summed E-state index contributed by atoms with van der Waals surface area (Å²) in [6.07, 6.45) is 0. The molecule has 2 aromatic rings. The van der Waals surface area contributed by atoms with Crippen LogP contribution in [0.4, 0.5) is 11.4 Å². The Balaban J connectivity index is 0.00000122. The summed E-state index contributed by atoms with van der Waals surface area (Å²) in [4.78, 5) is 0. The van der Waals surface area contributed by atoms with E-state index in [2.05, 4.69) is 71.1 Å². The molecule has 0 radical (unpaired) electrons. The molecule has 0 saturated heterocycles. The van der Waals surface area contributed by atoms with Crippen molar-refractivity contribution in [3.05, 3.63) is 68.3 Å². The van der Waals surface area contributed by atoms with Gasteiger partial charge in [-0.3, -0.25) is 0 Å². The first kappa shape index (κ1) is 25.5. The molecule has 2 aromatic carbocycles. The van der Waals surface area contributed by atoms with Crippen molar-refractivity contribution in [1.82, 2.24) is 5.32 Å². The van der Waals surface area contributed by atoms with Gasteiger partial charge in [-0.05, 0) is 54.6 Å². The Bertz CT molecular complexity index is 643. The minimum atomic E-state index is -0.826. The third-order valence-corrected chi connectivity index (χ3v) is 4.39. The van der Waals surface area contributed by atoms with Gasteiger partial charge in [0.05, 0.1) is 0 Å². The van der Waals surface area contributed by atoms with Crippen LogP contribution in [0, 0.1) is 41.5 Å². The maximum absolute atomic E-state index is 4.93. The second kappa shape index (κ2) is 13.6. The third kappa shape index (κ3) is 8.86. The van der Waals surface area contributed by atoms with E-state index in [-0.39, 0.29) is 0 Å². The summed E-state index contributed by atoms with van der Waals surface area (Å²) in [7, 11) is 9.87. The molecule has 0 heterocycles. The molecule has 0 aromatic heterocycles. The van der Waals surface area contributed by atoms with Crippen LogP contribution >= 0.6 is 17.0 Å². The summed E-state index contributed by atoms with van der Waals surface area (Å²) >= 11 is -0.826. The molecular formula is C22H31Cl2N3Zr-2. The van der Waals surface area contributed by atoms with Gasteiger partial charge in [-0.2, -0.15) is 0 Å². The van der Waals surface area contributed by atoms with Crippen molar-refractivity contribution in [2.45, 2.75) is 41.5 Å². The Morgan fingerprint density at radius 1 is 0.679 bits per heavy atom. The fraction of sp³-hybridized carbons (Fsp3) is 0.455. The van der Waals surface area contributed by atoms with Crippen LogP contribution < -0.4 is 5.32 Å². The third-order valence-electron chi connectivity index (χ3n) is 4.39. The van der Waals surface area contributed by atoms with Gasteiger partial charge in [0, 0.05) is 0 Å². The summed E-state index contributed by atoms with van der Waals surface area (Å²) in [6, 6.07) is 8.80. The van der Waals surface area contributed by atoms with Crippen LogP contribution in [0.15, 0.2) is 24.3 Å². The monoisotopic (exact) mass is 497 g/mol. The number of benzene rings is 2. The Morgan fingerprint density at radius 2 is 0.964 bits per heavy atom. The van der Waals surface area contributed by atoms with Crippen molar-refractivity contribution in [3.8, 4) is 0 Å². The molecule has 0 spiro atoms. The second-order valence-corrected chi connectivity index (χ2v) is 10.8. The van der Waals surface area contributed by atoms with E-state index in [0.717, 1.165) is 37.6 Å². The normalized spacial score (nSPS) is 10.1. The molecule has 0 saturated carbocycles. The van der Waals surface area contributed by atoms with Gasteiger partial charge in [-0.1, -0.05) is 57.6 Å². The van der Waals surface area contributed by atoms with Gasteiger partial charge in [-0.25, -0.2) is 0 Å². The zero-order chi connectivity index (χ0) is 21.1. The molecule has 3 nitrogen and oxygen atoms in total.